The van der Waals surface area contributed by atoms with Crippen molar-refractivity contribution in [1.29, 1.82) is 0 Å². The van der Waals surface area contributed by atoms with Gasteiger partial charge in [-0.25, -0.2) is 4.79 Å². The predicted molar refractivity (Wildman–Crippen MR) is 75.4 cm³/mol. The fraction of sp³-hybridized carbons (Fsp3) is 0.500. The molecule has 1 heterocycles. The standard InChI is InChI=1S/C14H18N2O5/c1-15(9-11-5-3-7-21-11)8-10-4-2-6-12(16(19)20)13(10)14(17)18/h2,4,6,11H,3,5,7-9H2,1H3,(H,17,18). The molecule has 1 aliphatic rings. The molecule has 1 aromatic carbocycles. The zero-order valence-electron chi connectivity index (χ0n) is 11.8. The lowest BCUT2D eigenvalue weighted by Crippen LogP contribution is -2.29. The Labute approximate surface area is 122 Å². The first-order valence-corrected chi connectivity index (χ1v) is 6.78. The maximum atomic E-state index is 11.3. The molecule has 1 aliphatic heterocycles. The monoisotopic (exact) mass is 294 g/mol. The third-order valence-corrected chi connectivity index (χ3v) is 3.52. The maximum Gasteiger partial charge on any atom is 0.343 e. The molecule has 7 nitrogen and oxygen atoms in total. The van der Waals surface area contributed by atoms with Crippen LogP contribution in [0.4, 0.5) is 5.69 Å². The molecule has 0 bridgehead atoms. The molecule has 0 spiro atoms. The molecule has 0 amide bonds. The summed E-state index contributed by atoms with van der Waals surface area (Å²) in [7, 11) is 1.85. The molecular formula is C14H18N2O5. The number of carbonyl (C=O) groups is 1. The van der Waals surface area contributed by atoms with Gasteiger partial charge < -0.3 is 9.84 Å². The van der Waals surface area contributed by atoms with Crippen molar-refractivity contribution < 1.29 is 19.6 Å². The molecule has 1 unspecified atom stereocenters. The lowest BCUT2D eigenvalue weighted by atomic mass is 10.0. The number of nitrogens with zero attached hydrogens (tertiary/aromatic N) is 2. The van der Waals surface area contributed by atoms with E-state index in [-0.39, 0.29) is 17.4 Å². The predicted octanol–water partition coefficient (Wildman–Crippen LogP) is 1.90. The Morgan fingerprint density at radius 1 is 1.57 bits per heavy atom. The van der Waals surface area contributed by atoms with Crippen molar-refractivity contribution >= 4 is 11.7 Å². The molecule has 0 saturated carbocycles. The van der Waals surface area contributed by atoms with Gasteiger partial charge in [0.2, 0.25) is 0 Å². The fourth-order valence-corrected chi connectivity index (χ4v) is 2.61. The largest absolute Gasteiger partial charge is 0.477 e. The minimum Gasteiger partial charge on any atom is -0.477 e. The second kappa shape index (κ2) is 6.64. The van der Waals surface area contributed by atoms with Gasteiger partial charge in [-0.3, -0.25) is 15.0 Å². The maximum absolute atomic E-state index is 11.3. The normalized spacial score (nSPS) is 18.1. The highest BCUT2D eigenvalue weighted by Crippen LogP contribution is 2.24. The van der Waals surface area contributed by atoms with E-state index < -0.39 is 10.9 Å². The van der Waals surface area contributed by atoms with Crippen molar-refractivity contribution in [1.82, 2.24) is 4.90 Å². The summed E-state index contributed by atoms with van der Waals surface area (Å²) in [6.45, 7) is 1.78. The van der Waals surface area contributed by atoms with E-state index in [0.29, 0.717) is 18.7 Å². The van der Waals surface area contributed by atoms with Crippen molar-refractivity contribution in [2.45, 2.75) is 25.5 Å². The molecule has 1 saturated heterocycles. The van der Waals surface area contributed by atoms with Gasteiger partial charge in [-0.15, -0.1) is 0 Å². The summed E-state index contributed by atoms with van der Waals surface area (Å²) in [5.41, 5.74) is -0.163. The quantitative estimate of drug-likeness (QED) is 0.636. The zero-order valence-corrected chi connectivity index (χ0v) is 11.8. The van der Waals surface area contributed by atoms with Crippen LogP contribution in [-0.4, -0.2) is 47.2 Å². The van der Waals surface area contributed by atoms with Crippen LogP contribution in [0.25, 0.3) is 0 Å². The summed E-state index contributed by atoms with van der Waals surface area (Å²) in [4.78, 5) is 23.5. The van der Waals surface area contributed by atoms with Crippen molar-refractivity contribution in [3.05, 3.63) is 39.4 Å². The van der Waals surface area contributed by atoms with Crippen molar-refractivity contribution in [2.75, 3.05) is 20.2 Å². The number of nitro benzene ring substituents is 1. The van der Waals surface area contributed by atoms with Gasteiger partial charge >= 0.3 is 5.97 Å². The first-order chi connectivity index (χ1) is 9.99. The molecule has 2 rings (SSSR count). The van der Waals surface area contributed by atoms with Crippen molar-refractivity contribution in [2.24, 2.45) is 0 Å². The van der Waals surface area contributed by atoms with E-state index in [0.717, 1.165) is 19.4 Å². The van der Waals surface area contributed by atoms with E-state index in [4.69, 9.17) is 4.74 Å². The Morgan fingerprint density at radius 3 is 2.90 bits per heavy atom. The minimum atomic E-state index is -1.28. The number of nitro groups is 1. The van der Waals surface area contributed by atoms with Crippen LogP contribution in [0.5, 0.6) is 0 Å². The smallest absolute Gasteiger partial charge is 0.343 e. The zero-order chi connectivity index (χ0) is 15.4. The number of ether oxygens (including phenoxy) is 1. The molecule has 1 aromatic rings. The summed E-state index contributed by atoms with van der Waals surface area (Å²) < 4.78 is 5.53. The number of hydrogen-bond donors (Lipinski definition) is 1. The summed E-state index contributed by atoms with van der Waals surface area (Å²) in [5, 5.41) is 20.2. The first kappa shape index (κ1) is 15.4. The number of rotatable bonds is 6. The number of aromatic carboxylic acids is 1. The van der Waals surface area contributed by atoms with Crippen molar-refractivity contribution in [3.63, 3.8) is 0 Å². The number of carboxylic acid groups (broad SMARTS) is 1. The molecule has 0 aliphatic carbocycles. The van der Waals surface area contributed by atoms with E-state index in [1.165, 1.54) is 12.1 Å². The number of carboxylic acids is 1. The highest BCUT2D eigenvalue weighted by molar-refractivity contribution is 5.94. The first-order valence-electron chi connectivity index (χ1n) is 6.78. The van der Waals surface area contributed by atoms with Crippen LogP contribution in [0.3, 0.4) is 0 Å². The summed E-state index contributed by atoms with van der Waals surface area (Å²) in [6, 6.07) is 4.34. The van der Waals surface area contributed by atoms with Gasteiger partial charge in [0.05, 0.1) is 11.0 Å². The molecule has 21 heavy (non-hydrogen) atoms. The lowest BCUT2D eigenvalue weighted by Gasteiger charge is -2.21. The number of benzene rings is 1. The van der Waals surface area contributed by atoms with E-state index in [1.54, 1.807) is 6.07 Å². The molecule has 7 heteroatoms. The third kappa shape index (κ3) is 3.77. The Bertz CT molecular complexity index is 540. The third-order valence-electron chi connectivity index (χ3n) is 3.52. The van der Waals surface area contributed by atoms with Gasteiger partial charge in [0.15, 0.2) is 0 Å². The van der Waals surface area contributed by atoms with Crippen LogP contribution < -0.4 is 0 Å². The topological polar surface area (TPSA) is 92.9 Å². The van der Waals surface area contributed by atoms with Gasteiger partial charge in [-0.05, 0) is 25.5 Å². The molecule has 1 atom stereocenters. The molecule has 0 radical (unpaired) electrons. The van der Waals surface area contributed by atoms with Crippen LogP contribution in [0.15, 0.2) is 18.2 Å². The van der Waals surface area contributed by atoms with Gasteiger partial charge in [0.25, 0.3) is 5.69 Å². The minimum absolute atomic E-state index is 0.155. The Balaban J connectivity index is 2.16. The van der Waals surface area contributed by atoms with E-state index >= 15 is 0 Å². The molecule has 1 N–H and O–H groups in total. The highest BCUT2D eigenvalue weighted by Gasteiger charge is 2.25. The fourth-order valence-electron chi connectivity index (χ4n) is 2.61. The Morgan fingerprint density at radius 2 is 2.33 bits per heavy atom. The van der Waals surface area contributed by atoms with Gasteiger partial charge in [0.1, 0.15) is 5.56 Å². The molecule has 0 aromatic heterocycles. The SMILES string of the molecule is CN(Cc1cccc([N+](=O)[O-])c1C(=O)O)CC1CCCO1. The molecule has 114 valence electrons. The van der Waals surface area contributed by atoms with Gasteiger partial charge in [-0.1, -0.05) is 12.1 Å². The highest BCUT2D eigenvalue weighted by atomic mass is 16.6. The summed E-state index contributed by atoms with van der Waals surface area (Å²) in [5.74, 6) is -1.28. The average Bonchev–Trinajstić information content (AvgIpc) is 2.90. The van der Waals surface area contributed by atoms with E-state index in [1.807, 2.05) is 11.9 Å². The van der Waals surface area contributed by atoms with Crippen LogP contribution in [0.2, 0.25) is 0 Å². The summed E-state index contributed by atoms with van der Waals surface area (Å²) in [6.07, 6.45) is 2.18. The Kier molecular flexibility index (Phi) is 4.87. The van der Waals surface area contributed by atoms with Crippen molar-refractivity contribution in [3.8, 4) is 0 Å². The van der Waals surface area contributed by atoms with Gasteiger partial charge in [-0.2, -0.15) is 0 Å². The average molecular weight is 294 g/mol. The number of hydrogen-bond acceptors (Lipinski definition) is 5. The lowest BCUT2D eigenvalue weighted by molar-refractivity contribution is -0.385. The van der Waals surface area contributed by atoms with E-state index in [9.17, 15) is 20.0 Å². The van der Waals surface area contributed by atoms with Crippen LogP contribution in [-0.2, 0) is 11.3 Å². The second-order valence-corrected chi connectivity index (χ2v) is 5.21. The molecular weight excluding hydrogens is 276 g/mol. The van der Waals surface area contributed by atoms with E-state index in [2.05, 4.69) is 0 Å². The Hall–Kier alpha value is -1.99. The summed E-state index contributed by atoms with van der Waals surface area (Å²) >= 11 is 0. The number of likely N-dealkylation sites (N-methyl/N-ethyl adjacent to an activating group) is 1. The van der Waals surface area contributed by atoms with Crippen LogP contribution in [0.1, 0.15) is 28.8 Å². The second-order valence-electron chi connectivity index (χ2n) is 5.21. The van der Waals surface area contributed by atoms with Crippen LogP contribution in [0, 0.1) is 10.1 Å². The van der Waals surface area contributed by atoms with Gasteiger partial charge in [0, 0.05) is 25.8 Å². The van der Waals surface area contributed by atoms with Crippen LogP contribution >= 0.6 is 0 Å². The molecule has 1 fully saturated rings.